The van der Waals surface area contributed by atoms with E-state index in [9.17, 15) is 14.4 Å². The van der Waals surface area contributed by atoms with Crippen LogP contribution >= 0.6 is 0 Å². The predicted molar refractivity (Wildman–Crippen MR) is 180 cm³/mol. The van der Waals surface area contributed by atoms with Gasteiger partial charge in [0.2, 0.25) is 5.91 Å². The minimum Gasteiger partial charge on any atom is -0.461 e. The van der Waals surface area contributed by atoms with Gasteiger partial charge in [-0.05, 0) is 61.6 Å². The van der Waals surface area contributed by atoms with Gasteiger partial charge in [0, 0.05) is 51.0 Å². The molecule has 0 saturated carbocycles. The number of nitrogens with zero attached hydrogens (tertiary/aromatic N) is 3. The number of rotatable bonds is 8. The van der Waals surface area contributed by atoms with Gasteiger partial charge in [-0.2, -0.15) is 0 Å². The van der Waals surface area contributed by atoms with Crippen molar-refractivity contribution in [2.45, 2.75) is 43.1 Å². The molecule has 2 fully saturated rings. The van der Waals surface area contributed by atoms with Gasteiger partial charge in [0.05, 0.1) is 11.5 Å². The molecule has 2 atom stereocenters. The van der Waals surface area contributed by atoms with Crippen molar-refractivity contribution in [1.29, 1.82) is 0 Å². The maximum atomic E-state index is 14.1. The van der Waals surface area contributed by atoms with Crippen molar-refractivity contribution >= 4 is 23.5 Å². The van der Waals surface area contributed by atoms with E-state index in [0.29, 0.717) is 44.3 Å². The molecule has 0 radical (unpaired) electrons. The summed E-state index contributed by atoms with van der Waals surface area (Å²) in [5, 5.41) is 3.26. The van der Waals surface area contributed by atoms with Gasteiger partial charge in [-0.25, -0.2) is 0 Å². The zero-order valence-corrected chi connectivity index (χ0v) is 26.7. The Hall–Kier alpha value is -4.43. The SMILES string of the molecule is C=CCOC(=O)[C@@]1(c2ccccc2)CC[C@H](C(=O)N2CCC(NC(=O)c3ccccc3N3CCN(C)CC3)CC2)c2ccccc21. The van der Waals surface area contributed by atoms with Crippen LogP contribution in [0.4, 0.5) is 5.69 Å². The molecule has 3 aliphatic rings. The number of para-hydroxylation sites is 1. The second-order valence-electron chi connectivity index (χ2n) is 12.7. The number of nitrogens with one attached hydrogen (secondary N) is 1. The third-order valence-electron chi connectivity index (χ3n) is 9.98. The van der Waals surface area contributed by atoms with E-state index in [1.165, 1.54) is 0 Å². The molecule has 3 aromatic rings. The number of anilines is 1. The number of benzene rings is 3. The van der Waals surface area contributed by atoms with Gasteiger partial charge in [-0.3, -0.25) is 14.4 Å². The summed E-state index contributed by atoms with van der Waals surface area (Å²) in [7, 11) is 2.12. The fraction of sp³-hybridized carbons (Fsp3) is 0.395. The highest BCUT2D eigenvalue weighted by Crippen LogP contribution is 2.48. The molecule has 2 amide bonds. The zero-order chi connectivity index (χ0) is 32.1. The van der Waals surface area contributed by atoms with Crippen molar-refractivity contribution in [3.63, 3.8) is 0 Å². The van der Waals surface area contributed by atoms with Crippen molar-refractivity contribution in [3.8, 4) is 0 Å². The Labute approximate surface area is 272 Å². The first-order chi connectivity index (χ1) is 22.4. The van der Waals surface area contributed by atoms with E-state index in [-0.39, 0.29) is 36.4 Å². The van der Waals surface area contributed by atoms with Gasteiger partial charge in [0.15, 0.2) is 0 Å². The minimum absolute atomic E-state index is 0.00102. The number of carbonyl (C=O) groups is 3. The molecule has 46 heavy (non-hydrogen) atoms. The maximum Gasteiger partial charge on any atom is 0.321 e. The second kappa shape index (κ2) is 13.9. The van der Waals surface area contributed by atoms with Gasteiger partial charge < -0.3 is 24.8 Å². The van der Waals surface area contributed by atoms with Gasteiger partial charge in [0.1, 0.15) is 12.0 Å². The van der Waals surface area contributed by atoms with Crippen LogP contribution in [0.5, 0.6) is 0 Å². The molecule has 0 bridgehead atoms. The number of fused-ring (bicyclic) bond motifs is 1. The Morgan fingerprint density at radius 1 is 0.870 bits per heavy atom. The number of piperidine rings is 1. The van der Waals surface area contributed by atoms with Crippen LogP contribution in [0.3, 0.4) is 0 Å². The summed E-state index contributed by atoms with van der Waals surface area (Å²) in [5.74, 6) is -0.635. The second-order valence-corrected chi connectivity index (χ2v) is 12.7. The summed E-state index contributed by atoms with van der Waals surface area (Å²) in [4.78, 5) is 47.9. The fourth-order valence-electron chi connectivity index (χ4n) is 7.42. The molecule has 8 heteroatoms. The third-order valence-corrected chi connectivity index (χ3v) is 9.98. The number of hydrogen-bond acceptors (Lipinski definition) is 6. The maximum absolute atomic E-state index is 14.1. The van der Waals surface area contributed by atoms with E-state index < -0.39 is 5.41 Å². The van der Waals surface area contributed by atoms with E-state index in [1.807, 2.05) is 83.8 Å². The van der Waals surface area contributed by atoms with Gasteiger partial charge >= 0.3 is 5.97 Å². The lowest BCUT2D eigenvalue weighted by Gasteiger charge is -2.42. The standard InChI is InChI=1S/C38H44N4O4/c1-3-27-46-37(45)38(28-11-5-4-6-12-28)20-17-31(30-13-7-9-15-33(30)38)36(44)42-21-18-29(19-22-42)39-35(43)32-14-8-10-16-34(32)41-25-23-40(2)24-26-41/h3-16,29,31H,1,17-27H2,2H3,(H,39,43)/t31-,38+/m0/s1. The number of piperazine rings is 1. The number of ether oxygens (including phenoxy) is 1. The molecule has 2 saturated heterocycles. The zero-order valence-electron chi connectivity index (χ0n) is 26.7. The van der Waals surface area contributed by atoms with Crippen LogP contribution in [0, 0.1) is 0 Å². The number of hydrogen-bond donors (Lipinski definition) is 1. The summed E-state index contributed by atoms with van der Waals surface area (Å²) in [6.07, 6.45) is 3.98. The average Bonchev–Trinajstić information content (AvgIpc) is 3.11. The number of likely N-dealkylation sites (N-methyl/N-ethyl adjacent to an activating group) is 1. The lowest BCUT2D eigenvalue weighted by Crippen LogP contribution is -2.49. The van der Waals surface area contributed by atoms with Crippen LogP contribution in [0.1, 0.15) is 58.6 Å². The van der Waals surface area contributed by atoms with Crippen LogP contribution in [0.2, 0.25) is 0 Å². The van der Waals surface area contributed by atoms with Crippen molar-refractivity contribution in [3.05, 3.63) is 114 Å². The molecule has 0 unspecified atom stereocenters. The molecule has 240 valence electrons. The molecule has 8 nitrogen and oxygen atoms in total. The van der Waals surface area contributed by atoms with Crippen molar-refractivity contribution in [1.82, 2.24) is 15.1 Å². The highest BCUT2D eigenvalue weighted by atomic mass is 16.5. The molecular weight excluding hydrogens is 576 g/mol. The summed E-state index contributed by atoms with van der Waals surface area (Å²) >= 11 is 0. The first-order valence-electron chi connectivity index (χ1n) is 16.5. The molecule has 1 aliphatic carbocycles. The Kier molecular flexibility index (Phi) is 9.54. The van der Waals surface area contributed by atoms with Crippen LogP contribution in [-0.2, 0) is 19.7 Å². The Morgan fingerprint density at radius 3 is 2.28 bits per heavy atom. The Balaban J connectivity index is 1.14. The van der Waals surface area contributed by atoms with Crippen molar-refractivity contribution < 1.29 is 19.1 Å². The number of likely N-dealkylation sites (tertiary alicyclic amines) is 1. The van der Waals surface area contributed by atoms with Crippen LogP contribution < -0.4 is 10.2 Å². The monoisotopic (exact) mass is 620 g/mol. The van der Waals surface area contributed by atoms with Gasteiger partial charge in [-0.1, -0.05) is 79.4 Å². The van der Waals surface area contributed by atoms with Crippen LogP contribution in [0.15, 0.2) is 91.5 Å². The summed E-state index contributed by atoms with van der Waals surface area (Å²) in [6.45, 7) is 8.74. The molecule has 2 heterocycles. The largest absolute Gasteiger partial charge is 0.461 e. The fourth-order valence-corrected chi connectivity index (χ4v) is 7.42. The average molecular weight is 621 g/mol. The molecular formula is C38H44N4O4. The highest BCUT2D eigenvalue weighted by molar-refractivity contribution is 6.00. The van der Waals surface area contributed by atoms with Crippen molar-refractivity contribution in [2.75, 3.05) is 57.8 Å². The van der Waals surface area contributed by atoms with Gasteiger partial charge in [-0.15, -0.1) is 0 Å². The Morgan fingerprint density at radius 2 is 1.54 bits per heavy atom. The topological polar surface area (TPSA) is 82.2 Å². The first-order valence-corrected chi connectivity index (χ1v) is 16.5. The molecule has 6 rings (SSSR count). The Bertz CT molecular complexity index is 1560. The molecule has 1 N–H and O–H groups in total. The minimum atomic E-state index is -0.991. The van der Waals surface area contributed by atoms with Crippen molar-refractivity contribution in [2.24, 2.45) is 0 Å². The van der Waals surface area contributed by atoms with E-state index in [4.69, 9.17) is 4.74 Å². The lowest BCUT2D eigenvalue weighted by molar-refractivity contribution is -0.149. The third kappa shape index (κ3) is 6.18. The molecule has 3 aromatic carbocycles. The summed E-state index contributed by atoms with van der Waals surface area (Å²) in [6, 6.07) is 25.4. The lowest BCUT2D eigenvalue weighted by atomic mass is 9.63. The summed E-state index contributed by atoms with van der Waals surface area (Å²) in [5.41, 5.74) is 3.29. The number of esters is 1. The van der Waals surface area contributed by atoms with E-state index >= 15 is 0 Å². The van der Waals surface area contributed by atoms with Gasteiger partial charge in [0.25, 0.3) is 5.91 Å². The smallest absolute Gasteiger partial charge is 0.321 e. The summed E-state index contributed by atoms with van der Waals surface area (Å²) < 4.78 is 5.69. The first kappa shape index (κ1) is 31.5. The van der Waals surface area contributed by atoms with Crippen LogP contribution in [0.25, 0.3) is 0 Å². The predicted octanol–water partition coefficient (Wildman–Crippen LogP) is 4.75. The molecule has 0 aromatic heterocycles. The number of carbonyl (C=O) groups excluding carboxylic acids is 3. The van der Waals surface area contributed by atoms with E-state index in [0.717, 1.165) is 48.6 Å². The molecule has 2 aliphatic heterocycles. The number of amides is 2. The molecule has 0 spiro atoms. The highest BCUT2D eigenvalue weighted by Gasteiger charge is 2.50. The van der Waals surface area contributed by atoms with E-state index in [2.05, 4.69) is 28.7 Å². The normalized spacial score (nSPS) is 22.1. The van der Waals surface area contributed by atoms with Crippen LogP contribution in [-0.4, -0.2) is 86.5 Å². The van der Waals surface area contributed by atoms with E-state index in [1.54, 1.807) is 6.08 Å². The quantitative estimate of drug-likeness (QED) is 0.289.